The largest absolute Gasteiger partial charge is 0.458 e. The number of para-hydroxylation sites is 1. The van der Waals surface area contributed by atoms with Crippen LogP contribution in [0.25, 0.3) is 11.0 Å². The molecule has 0 atom stereocenters. The number of hydrogen-bond acceptors (Lipinski definition) is 2. The summed E-state index contributed by atoms with van der Waals surface area (Å²) >= 11 is 0. The molecule has 0 saturated carbocycles. The van der Waals surface area contributed by atoms with Crippen LogP contribution in [0.5, 0.6) is 0 Å². The molecule has 1 aromatic carbocycles. The molecule has 0 saturated heterocycles. The first-order chi connectivity index (χ1) is 7.96. The van der Waals surface area contributed by atoms with Gasteiger partial charge in [-0.15, -0.1) is 0 Å². The quantitative estimate of drug-likeness (QED) is 0.880. The third-order valence-corrected chi connectivity index (χ3v) is 2.57. The highest BCUT2D eigenvalue weighted by molar-refractivity contribution is 5.78. The number of furan rings is 1. The van der Waals surface area contributed by atoms with E-state index in [1.165, 1.54) is 6.07 Å². The van der Waals surface area contributed by atoms with E-state index in [0.717, 1.165) is 24.1 Å². The third kappa shape index (κ3) is 3.07. The fourth-order valence-corrected chi connectivity index (χ4v) is 1.76. The molecule has 0 amide bonds. The summed E-state index contributed by atoms with van der Waals surface area (Å²) in [6, 6.07) is 6.89. The summed E-state index contributed by atoms with van der Waals surface area (Å²) in [6.07, 6.45) is 0.769. The Bertz CT molecular complexity index is 510. The summed E-state index contributed by atoms with van der Waals surface area (Å²) in [4.78, 5) is 0. The molecule has 1 heterocycles. The van der Waals surface area contributed by atoms with Crippen LogP contribution in [0.1, 0.15) is 26.5 Å². The van der Waals surface area contributed by atoms with Crippen LogP contribution in [0.3, 0.4) is 0 Å². The van der Waals surface area contributed by atoms with Gasteiger partial charge in [0.25, 0.3) is 0 Å². The molecule has 0 aliphatic rings. The SMILES string of the molecule is CC(C)(C)NCCc1cc2cccc(F)c2o1. The van der Waals surface area contributed by atoms with Crippen molar-refractivity contribution in [3.8, 4) is 0 Å². The van der Waals surface area contributed by atoms with Gasteiger partial charge in [0.05, 0.1) is 0 Å². The van der Waals surface area contributed by atoms with Crippen molar-refractivity contribution in [2.75, 3.05) is 6.54 Å². The first kappa shape index (κ1) is 12.1. The first-order valence-corrected chi connectivity index (χ1v) is 5.88. The minimum absolute atomic E-state index is 0.0945. The summed E-state index contributed by atoms with van der Waals surface area (Å²) in [5, 5.41) is 4.20. The van der Waals surface area contributed by atoms with Crippen molar-refractivity contribution >= 4 is 11.0 Å². The number of nitrogens with one attached hydrogen (secondary N) is 1. The van der Waals surface area contributed by atoms with E-state index in [1.807, 2.05) is 12.1 Å². The first-order valence-electron chi connectivity index (χ1n) is 5.88. The van der Waals surface area contributed by atoms with Gasteiger partial charge in [-0.2, -0.15) is 0 Å². The molecule has 1 N–H and O–H groups in total. The van der Waals surface area contributed by atoms with Crippen molar-refractivity contribution in [1.29, 1.82) is 0 Å². The highest BCUT2D eigenvalue weighted by atomic mass is 19.1. The Kier molecular flexibility index (Phi) is 3.20. The van der Waals surface area contributed by atoms with Crippen molar-refractivity contribution in [2.45, 2.75) is 32.7 Å². The summed E-state index contributed by atoms with van der Waals surface area (Å²) in [7, 11) is 0. The second-order valence-corrected chi connectivity index (χ2v) is 5.30. The topological polar surface area (TPSA) is 25.2 Å². The molecule has 0 fully saturated rings. The summed E-state index contributed by atoms with van der Waals surface area (Å²) in [5.41, 5.74) is 0.454. The number of halogens is 1. The average molecular weight is 235 g/mol. The Balaban J connectivity index is 2.07. The minimum Gasteiger partial charge on any atom is -0.458 e. The maximum absolute atomic E-state index is 13.4. The van der Waals surface area contributed by atoms with E-state index in [2.05, 4.69) is 26.1 Å². The molecule has 17 heavy (non-hydrogen) atoms. The maximum Gasteiger partial charge on any atom is 0.169 e. The van der Waals surface area contributed by atoms with Gasteiger partial charge in [0.2, 0.25) is 0 Å². The normalized spacial score (nSPS) is 12.2. The predicted molar refractivity (Wildman–Crippen MR) is 67.6 cm³/mol. The molecule has 2 nitrogen and oxygen atoms in total. The van der Waals surface area contributed by atoms with Crippen LogP contribution < -0.4 is 5.32 Å². The van der Waals surface area contributed by atoms with Gasteiger partial charge in [0.15, 0.2) is 11.4 Å². The zero-order valence-corrected chi connectivity index (χ0v) is 10.5. The maximum atomic E-state index is 13.4. The second kappa shape index (κ2) is 4.49. The fraction of sp³-hybridized carbons (Fsp3) is 0.429. The van der Waals surface area contributed by atoms with Gasteiger partial charge in [0.1, 0.15) is 5.76 Å². The van der Waals surface area contributed by atoms with Crippen LogP contribution in [-0.4, -0.2) is 12.1 Å². The number of rotatable bonds is 3. The van der Waals surface area contributed by atoms with Gasteiger partial charge in [-0.1, -0.05) is 12.1 Å². The molecule has 0 unspecified atom stereocenters. The highest BCUT2D eigenvalue weighted by Gasteiger charge is 2.10. The van der Waals surface area contributed by atoms with E-state index in [-0.39, 0.29) is 11.4 Å². The highest BCUT2D eigenvalue weighted by Crippen LogP contribution is 2.22. The lowest BCUT2D eigenvalue weighted by Crippen LogP contribution is -2.37. The van der Waals surface area contributed by atoms with Crippen LogP contribution >= 0.6 is 0 Å². The van der Waals surface area contributed by atoms with Crippen LogP contribution in [0, 0.1) is 5.82 Å². The predicted octanol–water partition coefficient (Wildman–Crippen LogP) is 3.50. The summed E-state index contributed by atoms with van der Waals surface area (Å²) in [6.45, 7) is 7.17. The van der Waals surface area contributed by atoms with Gasteiger partial charge >= 0.3 is 0 Å². The van der Waals surface area contributed by atoms with E-state index in [1.54, 1.807) is 6.07 Å². The fourth-order valence-electron chi connectivity index (χ4n) is 1.76. The Labute approximate surface area is 101 Å². The molecule has 92 valence electrons. The van der Waals surface area contributed by atoms with Gasteiger partial charge in [-0.25, -0.2) is 4.39 Å². The molecule has 2 rings (SSSR count). The molecule has 2 aromatic rings. The van der Waals surface area contributed by atoms with Crippen molar-refractivity contribution in [3.63, 3.8) is 0 Å². The Morgan fingerprint density at radius 3 is 2.71 bits per heavy atom. The summed E-state index contributed by atoms with van der Waals surface area (Å²) < 4.78 is 18.9. The molecule has 0 bridgehead atoms. The number of fused-ring (bicyclic) bond motifs is 1. The van der Waals surface area contributed by atoms with Crippen molar-refractivity contribution < 1.29 is 8.81 Å². The molecule has 3 heteroatoms. The second-order valence-electron chi connectivity index (χ2n) is 5.30. The standard InChI is InChI=1S/C14H18FNO/c1-14(2,3)16-8-7-11-9-10-5-4-6-12(15)13(10)17-11/h4-6,9,16H,7-8H2,1-3H3. The van der Waals surface area contributed by atoms with Gasteiger partial charge in [-0.05, 0) is 32.9 Å². The van der Waals surface area contributed by atoms with Crippen LogP contribution in [-0.2, 0) is 6.42 Å². The molecule has 1 aromatic heterocycles. The Hall–Kier alpha value is -1.35. The van der Waals surface area contributed by atoms with Crippen molar-refractivity contribution in [3.05, 3.63) is 35.8 Å². The number of benzene rings is 1. The molecule has 0 aliphatic heterocycles. The van der Waals surface area contributed by atoms with E-state index in [4.69, 9.17) is 4.42 Å². The lowest BCUT2D eigenvalue weighted by Gasteiger charge is -2.19. The lowest BCUT2D eigenvalue weighted by atomic mass is 10.1. The molecule has 0 spiro atoms. The molecular weight excluding hydrogens is 217 g/mol. The van der Waals surface area contributed by atoms with Gasteiger partial charge in [0, 0.05) is 23.9 Å². The van der Waals surface area contributed by atoms with E-state index >= 15 is 0 Å². The van der Waals surface area contributed by atoms with E-state index in [9.17, 15) is 4.39 Å². The van der Waals surface area contributed by atoms with Crippen LogP contribution in [0.4, 0.5) is 4.39 Å². The zero-order valence-electron chi connectivity index (χ0n) is 10.5. The zero-order chi connectivity index (χ0) is 12.5. The minimum atomic E-state index is -0.294. The van der Waals surface area contributed by atoms with Gasteiger partial charge < -0.3 is 9.73 Å². The average Bonchev–Trinajstić information content (AvgIpc) is 2.60. The van der Waals surface area contributed by atoms with E-state index in [0.29, 0.717) is 5.58 Å². The van der Waals surface area contributed by atoms with E-state index < -0.39 is 0 Å². The molecular formula is C14H18FNO. The van der Waals surface area contributed by atoms with Crippen LogP contribution in [0.2, 0.25) is 0 Å². The van der Waals surface area contributed by atoms with Crippen molar-refractivity contribution in [1.82, 2.24) is 5.32 Å². The smallest absolute Gasteiger partial charge is 0.169 e. The Morgan fingerprint density at radius 1 is 1.29 bits per heavy atom. The Morgan fingerprint density at radius 2 is 2.06 bits per heavy atom. The third-order valence-electron chi connectivity index (χ3n) is 2.57. The number of hydrogen-bond donors (Lipinski definition) is 1. The molecule has 0 aliphatic carbocycles. The molecule has 0 radical (unpaired) electrons. The van der Waals surface area contributed by atoms with Crippen LogP contribution in [0.15, 0.2) is 28.7 Å². The lowest BCUT2D eigenvalue weighted by molar-refractivity contribution is 0.416. The monoisotopic (exact) mass is 235 g/mol. The van der Waals surface area contributed by atoms with Crippen molar-refractivity contribution in [2.24, 2.45) is 0 Å². The summed E-state index contributed by atoms with van der Waals surface area (Å²) in [5.74, 6) is 0.527. The van der Waals surface area contributed by atoms with Gasteiger partial charge in [-0.3, -0.25) is 0 Å².